The molecule has 1 saturated heterocycles. The van der Waals surface area contributed by atoms with E-state index in [1.54, 1.807) is 42.5 Å². The first-order valence-electron chi connectivity index (χ1n) is 9.34. The lowest BCUT2D eigenvalue weighted by Gasteiger charge is -2.34. The van der Waals surface area contributed by atoms with Crippen LogP contribution < -0.4 is 16.0 Å². The molecule has 0 aromatic heterocycles. The summed E-state index contributed by atoms with van der Waals surface area (Å²) in [5, 5.41) is 22.4. The lowest BCUT2D eigenvalue weighted by atomic mass is 10.1. The number of nitrogens with one attached hydrogen (secondary N) is 1. The number of anilines is 2. The van der Waals surface area contributed by atoms with Crippen molar-refractivity contribution in [3.63, 3.8) is 0 Å². The molecule has 0 aliphatic carbocycles. The Hall–Kier alpha value is -3.74. The fourth-order valence-corrected chi connectivity index (χ4v) is 3.54. The number of aliphatic imine (C=N–C) groups is 1. The van der Waals surface area contributed by atoms with Crippen molar-refractivity contribution in [2.24, 2.45) is 10.7 Å². The Morgan fingerprint density at radius 3 is 2.97 bits per heavy atom. The molecule has 4 rings (SSSR count). The number of amides is 2. The molecule has 0 radical (unpaired) electrons. The lowest BCUT2D eigenvalue weighted by Crippen LogP contribution is -2.55. The quantitative estimate of drug-likeness (QED) is 0.677. The van der Waals surface area contributed by atoms with E-state index in [0.717, 1.165) is 11.1 Å². The molecule has 0 bridgehead atoms. The number of amidine groups is 1. The van der Waals surface area contributed by atoms with Crippen molar-refractivity contribution < 1.29 is 19.4 Å². The number of fused-ring (bicyclic) bond motifs is 1. The molecule has 1 unspecified atom stereocenters. The number of nitriles is 1. The van der Waals surface area contributed by atoms with Crippen LogP contribution >= 0.6 is 0 Å². The Balaban J connectivity index is 1.49. The Morgan fingerprint density at radius 2 is 2.17 bits per heavy atom. The van der Waals surface area contributed by atoms with Crippen molar-refractivity contribution in [2.75, 3.05) is 23.4 Å². The maximum atomic E-state index is 12.9. The molecule has 9 nitrogen and oxygen atoms in total. The molecule has 30 heavy (non-hydrogen) atoms. The molecule has 2 aromatic rings. The molecule has 1 fully saturated rings. The zero-order valence-electron chi connectivity index (χ0n) is 15.9. The third-order valence-corrected chi connectivity index (χ3v) is 5.06. The summed E-state index contributed by atoms with van der Waals surface area (Å²) in [7, 11) is 0. The topological polar surface area (TPSA) is 141 Å². The molecule has 152 valence electrons. The number of hydrogen-bond acceptors (Lipinski definition) is 7. The van der Waals surface area contributed by atoms with Crippen molar-refractivity contribution in [3.05, 3.63) is 59.2 Å². The van der Waals surface area contributed by atoms with Gasteiger partial charge in [-0.3, -0.25) is 14.6 Å². The van der Waals surface area contributed by atoms with Gasteiger partial charge in [0.2, 0.25) is 0 Å². The maximum Gasteiger partial charge on any atom is 0.259 e. The largest absolute Gasteiger partial charge is 0.383 e. The molecule has 2 amide bonds. The molecule has 0 spiro atoms. The first-order valence-corrected chi connectivity index (χ1v) is 9.34. The van der Waals surface area contributed by atoms with Crippen LogP contribution in [0.1, 0.15) is 16.7 Å². The Bertz CT molecular complexity index is 1090. The normalized spacial score (nSPS) is 18.9. The third-order valence-electron chi connectivity index (χ3n) is 5.06. The summed E-state index contributed by atoms with van der Waals surface area (Å²) in [6, 6.07) is 13.8. The van der Waals surface area contributed by atoms with Crippen molar-refractivity contribution in [1.29, 1.82) is 5.26 Å². The van der Waals surface area contributed by atoms with E-state index >= 15 is 0 Å². The second-order valence-corrected chi connectivity index (χ2v) is 6.92. The van der Waals surface area contributed by atoms with Crippen LogP contribution in [0.2, 0.25) is 0 Å². The van der Waals surface area contributed by atoms with Gasteiger partial charge >= 0.3 is 0 Å². The molecule has 2 aliphatic heterocycles. The van der Waals surface area contributed by atoms with Gasteiger partial charge in [0.1, 0.15) is 11.9 Å². The van der Waals surface area contributed by atoms with Crippen molar-refractivity contribution in [2.45, 2.75) is 18.8 Å². The summed E-state index contributed by atoms with van der Waals surface area (Å²) in [4.78, 5) is 31.0. The van der Waals surface area contributed by atoms with Crippen molar-refractivity contribution in [1.82, 2.24) is 0 Å². The number of carbonyl (C=O) groups is 2. The third kappa shape index (κ3) is 3.50. The zero-order valence-corrected chi connectivity index (χ0v) is 15.9. The average Bonchev–Trinajstić information content (AvgIpc) is 3.13. The standard InChI is InChI=1S/C21H19N5O4/c22-10-12-3-1-2-4-16(12)26-7-8-30-18(21(26)29)17(27)20(28)25-14-5-6-15-13(9-14)11-24-19(15)23/h1-6,9,17-18,27H,7-8,11H2,(H2,23,24)(H,25,28)/t17?,18-/m1/s1. The van der Waals surface area contributed by atoms with Gasteiger partial charge < -0.3 is 25.8 Å². The molecule has 2 aromatic carbocycles. The number of carbonyl (C=O) groups excluding carboxylic acids is 2. The summed E-state index contributed by atoms with van der Waals surface area (Å²) in [5.41, 5.74) is 8.66. The smallest absolute Gasteiger partial charge is 0.259 e. The van der Waals surface area contributed by atoms with Crippen LogP contribution in [0.4, 0.5) is 11.4 Å². The number of hydrogen-bond donors (Lipinski definition) is 3. The van der Waals surface area contributed by atoms with Crippen LogP contribution in [-0.2, 0) is 20.9 Å². The SMILES string of the molecule is N#Cc1ccccc1N1CCO[C@H](C(O)C(=O)Nc2ccc3c(c2)CN=C3N)C1=O. The number of para-hydroxylation sites is 1. The molecule has 4 N–H and O–H groups in total. The van der Waals surface area contributed by atoms with E-state index in [1.165, 1.54) is 4.90 Å². The van der Waals surface area contributed by atoms with E-state index in [4.69, 9.17) is 10.5 Å². The summed E-state index contributed by atoms with van der Waals surface area (Å²) < 4.78 is 5.40. The highest BCUT2D eigenvalue weighted by Gasteiger charge is 2.40. The van der Waals surface area contributed by atoms with Crippen LogP contribution in [0.3, 0.4) is 0 Å². The number of ether oxygens (including phenoxy) is 1. The van der Waals surface area contributed by atoms with Gasteiger partial charge in [0.05, 0.1) is 24.4 Å². The van der Waals surface area contributed by atoms with Gasteiger partial charge in [-0.1, -0.05) is 12.1 Å². The molecule has 2 atom stereocenters. The minimum atomic E-state index is -1.72. The summed E-state index contributed by atoms with van der Waals surface area (Å²) in [6.45, 7) is 0.759. The minimum Gasteiger partial charge on any atom is -0.383 e. The number of morpholine rings is 1. The van der Waals surface area contributed by atoms with Crippen LogP contribution in [0, 0.1) is 11.3 Å². The maximum absolute atomic E-state index is 12.9. The Labute approximate surface area is 172 Å². The fraction of sp³-hybridized carbons (Fsp3) is 0.238. The van der Waals surface area contributed by atoms with E-state index in [9.17, 15) is 20.0 Å². The van der Waals surface area contributed by atoms with Gasteiger partial charge in [-0.25, -0.2) is 0 Å². The average molecular weight is 405 g/mol. The number of aliphatic hydroxyl groups excluding tert-OH is 1. The number of benzene rings is 2. The molecule has 9 heteroatoms. The van der Waals surface area contributed by atoms with Crippen molar-refractivity contribution >= 4 is 29.0 Å². The van der Waals surface area contributed by atoms with Crippen LogP contribution in [0.15, 0.2) is 47.5 Å². The fourth-order valence-electron chi connectivity index (χ4n) is 3.54. The van der Waals surface area contributed by atoms with E-state index in [-0.39, 0.29) is 13.2 Å². The van der Waals surface area contributed by atoms with Gasteiger partial charge in [0, 0.05) is 17.8 Å². The predicted molar refractivity (Wildman–Crippen MR) is 109 cm³/mol. The molecule has 0 saturated carbocycles. The first kappa shape index (κ1) is 19.6. The zero-order chi connectivity index (χ0) is 21.3. The summed E-state index contributed by atoms with van der Waals surface area (Å²) >= 11 is 0. The summed E-state index contributed by atoms with van der Waals surface area (Å²) in [5.74, 6) is -0.904. The lowest BCUT2D eigenvalue weighted by molar-refractivity contribution is -0.150. The molecule has 2 aliphatic rings. The van der Waals surface area contributed by atoms with E-state index in [2.05, 4.69) is 10.3 Å². The monoisotopic (exact) mass is 405 g/mol. The van der Waals surface area contributed by atoms with Gasteiger partial charge in [0.15, 0.2) is 12.2 Å². The molecular weight excluding hydrogens is 386 g/mol. The van der Waals surface area contributed by atoms with Gasteiger partial charge in [-0.2, -0.15) is 5.26 Å². The Morgan fingerprint density at radius 1 is 1.37 bits per heavy atom. The number of rotatable bonds is 4. The van der Waals surface area contributed by atoms with Gasteiger partial charge in [-0.05, 0) is 35.9 Å². The number of nitrogens with zero attached hydrogens (tertiary/aromatic N) is 3. The van der Waals surface area contributed by atoms with E-state index in [1.807, 2.05) is 6.07 Å². The van der Waals surface area contributed by atoms with E-state index < -0.39 is 24.0 Å². The predicted octanol–water partition coefficient (Wildman–Crippen LogP) is 0.509. The minimum absolute atomic E-state index is 0.121. The van der Waals surface area contributed by atoms with E-state index in [0.29, 0.717) is 29.3 Å². The van der Waals surface area contributed by atoms with Crippen LogP contribution in [0.25, 0.3) is 0 Å². The molecular formula is C21H19N5O4. The highest BCUT2D eigenvalue weighted by molar-refractivity contribution is 6.05. The first-order chi connectivity index (χ1) is 14.5. The van der Waals surface area contributed by atoms with Crippen LogP contribution in [0.5, 0.6) is 0 Å². The van der Waals surface area contributed by atoms with Crippen LogP contribution in [-0.4, -0.2) is 48.1 Å². The molecule has 2 heterocycles. The second kappa shape index (κ2) is 7.94. The van der Waals surface area contributed by atoms with Gasteiger partial charge in [0.25, 0.3) is 11.8 Å². The Kier molecular flexibility index (Phi) is 5.18. The van der Waals surface area contributed by atoms with Crippen molar-refractivity contribution in [3.8, 4) is 6.07 Å². The summed E-state index contributed by atoms with van der Waals surface area (Å²) in [6.07, 6.45) is -3.09. The second-order valence-electron chi connectivity index (χ2n) is 6.92. The highest BCUT2D eigenvalue weighted by atomic mass is 16.5. The highest BCUT2D eigenvalue weighted by Crippen LogP contribution is 2.25. The number of aliphatic hydroxyl groups is 1. The van der Waals surface area contributed by atoms with Gasteiger partial charge in [-0.15, -0.1) is 0 Å². The number of nitrogens with two attached hydrogens (primary N) is 1.